The monoisotopic (exact) mass is 315 g/mol. The molecule has 0 amide bonds. The first-order valence-electron chi connectivity index (χ1n) is 6.69. The molecule has 0 spiro atoms. The number of carbonyl (C=O) groups is 1. The summed E-state index contributed by atoms with van der Waals surface area (Å²) in [5.41, 5.74) is 1.01. The number of benzene rings is 1. The largest absolute Gasteiger partial charge is 0.481 e. The molecule has 1 rings (SSSR count). The molecule has 0 saturated heterocycles. The van der Waals surface area contributed by atoms with Crippen LogP contribution in [0.1, 0.15) is 18.4 Å². The standard InChI is InChI=1S/C14H21NO5S/c1-20-13(10-12-6-3-2-4-7-12)11-21(18,19)15-9-5-8-14(16)17/h2-4,6-7,13,15H,5,8-11H2,1H3,(H,16,17). The maximum absolute atomic E-state index is 11.9. The Labute approximate surface area is 125 Å². The molecule has 0 aliphatic carbocycles. The van der Waals surface area contributed by atoms with Crippen molar-refractivity contribution in [2.75, 3.05) is 19.4 Å². The van der Waals surface area contributed by atoms with Crippen LogP contribution in [0.4, 0.5) is 0 Å². The molecule has 0 bridgehead atoms. The molecule has 1 atom stereocenters. The topological polar surface area (TPSA) is 92.7 Å². The fourth-order valence-corrected chi connectivity index (χ4v) is 3.17. The third-order valence-corrected chi connectivity index (χ3v) is 4.39. The van der Waals surface area contributed by atoms with E-state index >= 15 is 0 Å². The van der Waals surface area contributed by atoms with Gasteiger partial charge in [0.1, 0.15) is 0 Å². The van der Waals surface area contributed by atoms with E-state index in [0.29, 0.717) is 6.42 Å². The van der Waals surface area contributed by atoms with E-state index in [4.69, 9.17) is 9.84 Å². The second-order valence-electron chi connectivity index (χ2n) is 4.72. The van der Waals surface area contributed by atoms with Crippen molar-refractivity contribution in [3.05, 3.63) is 35.9 Å². The molecule has 1 unspecified atom stereocenters. The number of rotatable bonds is 10. The van der Waals surface area contributed by atoms with E-state index in [0.717, 1.165) is 5.56 Å². The second-order valence-corrected chi connectivity index (χ2v) is 6.57. The summed E-state index contributed by atoms with van der Waals surface area (Å²) in [6, 6.07) is 9.51. The summed E-state index contributed by atoms with van der Waals surface area (Å²) in [4.78, 5) is 10.4. The van der Waals surface area contributed by atoms with Gasteiger partial charge < -0.3 is 9.84 Å². The normalized spacial score (nSPS) is 13.0. The zero-order chi connectivity index (χ0) is 15.7. The third-order valence-electron chi connectivity index (χ3n) is 2.93. The summed E-state index contributed by atoms with van der Waals surface area (Å²) in [6.07, 6.45) is 0.280. The van der Waals surface area contributed by atoms with Crippen LogP contribution in [0.25, 0.3) is 0 Å². The summed E-state index contributed by atoms with van der Waals surface area (Å²) in [6.45, 7) is 0.121. The maximum Gasteiger partial charge on any atom is 0.303 e. The van der Waals surface area contributed by atoms with Gasteiger partial charge in [-0.1, -0.05) is 30.3 Å². The van der Waals surface area contributed by atoms with Crippen LogP contribution in [0.5, 0.6) is 0 Å². The molecule has 0 radical (unpaired) electrons. The van der Waals surface area contributed by atoms with Gasteiger partial charge in [-0.25, -0.2) is 13.1 Å². The molecule has 6 nitrogen and oxygen atoms in total. The molecule has 1 aromatic carbocycles. The number of hydrogen-bond acceptors (Lipinski definition) is 4. The minimum atomic E-state index is -3.48. The number of aliphatic carboxylic acids is 1. The van der Waals surface area contributed by atoms with Crippen LogP contribution in [-0.4, -0.2) is 45.0 Å². The number of nitrogens with one attached hydrogen (secondary N) is 1. The minimum Gasteiger partial charge on any atom is -0.481 e. The van der Waals surface area contributed by atoms with Crippen LogP contribution >= 0.6 is 0 Å². The molecule has 7 heteroatoms. The van der Waals surface area contributed by atoms with Gasteiger partial charge in [0.15, 0.2) is 0 Å². The van der Waals surface area contributed by atoms with E-state index in [2.05, 4.69) is 4.72 Å². The molecule has 2 N–H and O–H groups in total. The Bertz CT molecular complexity index is 530. The van der Waals surface area contributed by atoms with Crippen molar-refractivity contribution in [3.63, 3.8) is 0 Å². The summed E-state index contributed by atoms with van der Waals surface area (Å²) < 4.78 is 31.4. The van der Waals surface area contributed by atoms with Crippen molar-refractivity contribution in [1.29, 1.82) is 0 Å². The van der Waals surface area contributed by atoms with Gasteiger partial charge in [-0.05, 0) is 18.4 Å². The molecule has 0 heterocycles. The fourth-order valence-electron chi connectivity index (χ4n) is 1.86. The van der Waals surface area contributed by atoms with Crippen molar-refractivity contribution in [2.45, 2.75) is 25.4 Å². The molecule has 0 fully saturated rings. The zero-order valence-corrected chi connectivity index (χ0v) is 12.8. The molecule has 0 aliphatic rings. The van der Waals surface area contributed by atoms with Crippen LogP contribution in [-0.2, 0) is 26.0 Å². The van der Waals surface area contributed by atoms with E-state index in [-0.39, 0.29) is 25.1 Å². The number of methoxy groups -OCH3 is 1. The molecule has 21 heavy (non-hydrogen) atoms. The lowest BCUT2D eigenvalue weighted by Crippen LogP contribution is -2.34. The Morgan fingerprint density at radius 2 is 2.00 bits per heavy atom. The van der Waals surface area contributed by atoms with E-state index in [1.165, 1.54) is 7.11 Å². The maximum atomic E-state index is 11.9. The SMILES string of the molecule is COC(Cc1ccccc1)CS(=O)(=O)NCCCC(=O)O. The Kier molecular flexibility index (Phi) is 7.35. The smallest absolute Gasteiger partial charge is 0.303 e. The van der Waals surface area contributed by atoms with Gasteiger partial charge in [0.05, 0.1) is 11.9 Å². The van der Waals surface area contributed by atoms with Gasteiger partial charge in [0.2, 0.25) is 10.0 Å². The van der Waals surface area contributed by atoms with Crippen molar-refractivity contribution in [3.8, 4) is 0 Å². The Hall–Kier alpha value is -1.44. The van der Waals surface area contributed by atoms with Crippen molar-refractivity contribution in [2.24, 2.45) is 0 Å². The lowest BCUT2D eigenvalue weighted by molar-refractivity contribution is -0.137. The number of carboxylic acid groups (broad SMARTS) is 1. The number of sulfonamides is 1. The third kappa shape index (κ3) is 7.79. The highest BCUT2D eigenvalue weighted by atomic mass is 32.2. The highest BCUT2D eigenvalue weighted by Crippen LogP contribution is 2.07. The van der Waals surface area contributed by atoms with Crippen LogP contribution < -0.4 is 4.72 Å². The minimum absolute atomic E-state index is 0.0553. The van der Waals surface area contributed by atoms with Gasteiger partial charge in [-0.2, -0.15) is 0 Å². The molecule has 118 valence electrons. The summed E-state index contributed by atoms with van der Waals surface area (Å²) >= 11 is 0. The summed E-state index contributed by atoms with van der Waals surface area (Å²) in [7, 11) is -2.00. The number of ether oxygens (including phenoxy) is 1. The van der Waals surface area contributed by atoms with E-state index in [1.54, 1.807) is 0 Å². The summed E-state index contributed by atoms with van der Waals surface area (Å²) in [5.74, 6) is -1.08. The predicted octanol–water partition coefficient (Wildman–Crippen LogP) is 1.03. The van der Waals surface area contributed by atoms with Crippen molar-refractivity contribution >= 4 is 16.0 Å². The van der Waals surface area contributed by atoms with E-state index < -0.39 is 22.1 Å². The average Bonchev–Trinajstić information content (AvgIpc) is 2.43. The average molecular weight is 315 g/mol. The highest BCUT2D eigenvalue weighted by Gasteiger charge is 2.19. The van der Waals surface area contributed by atoms with Crippen LogP contribution in [0, 0.1) is 0 Å². The van der Waals surface area contributed by atoms with Crippen molar-refractivity contribution in [1.82, 2.24) is 4.72 Å². The van der Waals surface area contributed by atoms with Crippen LogP contribution in [0.3, 0.4) is 0 Å². The molecule has 0 aliphatic heterocycles. The molecular weight excluding hydrogens is 294 g/mol. The van der Waals surface area contributed by atoms with Crippen LogP contribution in [0.2, 0.25) is 0 Å². The molecule has 1 aromatic rings. The highest BCUT2D eigenvalue weighted by molar-refractivity contribution is 7.89. The summed E-state index contributed by atoms with van der Waals surface area (Å²) in [5, 5.41) is 8.49. The fraction of sp³-hybridized carbons (Fsp3) is 0.500. The van der Waals surface area contributed by atoms with Crippen molar-refractivity contribution < 1.29 is 23.1 Å². The Morgan fingerprint density at radius 1 is 1.33 bits per heavy atom. The predicted molar refractivity (Wildman–Crippen MR) is 79.6 cm³/mol. The lowest BCUT2D eigenvalue weighted by atomic mass is 10.1. The Morgan fingerprint density at radius 3 is 2.57 bits per heavy atom. The van der Waals surface area contributed by atoms with E-state index in [1.807, 2.05) is 30.3 Å². The van der Waals surface area contributed by atoms with Gasteiger partial charge in [-0.3, -0.25) is 4.79 Å². The molecule has 0 aromatic heterocycles. The second kappa shape index (κ2) is 8.76. The zero-order valence-electron chi connectivity index (χ0n) is 12.0. The van der Waals surface area contributed by atoms with Gasteiger partial charge >= 0.3 is 5.97 Å². The lowest BCUT2D eigenvalue weighted by Gasteiger charge is -2.16. The first kappa shape index (κ1) is 17.6. The molecular formula is C14H21NO5S. The quantitative estimate of drug-likeness (QED) is 0.629. The van der Waals surface area contributed by atoms with Crippen LogP contribution in [0.15, 0.2) is 30.3 Å². The van der Waals surface area contributed by atoms with Gasteiger partial charge in [0, 0.05) is 20.1 Å². The van der Waals surface area contributed by atoms with Gasteiger partial charge in [-0.15, -0.1) is 0 Å². The Balaban J connectivity index is 2.45. The number of carboxylic acids is 1. The van der Waals surface area contributed by atoms with E-state index in [9.17, 15) is 13.2 Å². The number of hydrogen-bond donors (Lipinski definition) is 2. The first-order valence-corrected chi connectivity index (χ1v) is 8.34. The molecule has 0 saturated carbocycles. The van der Waals surface area contributed by atoms with Gasteiger partial charge in [0.25, 0.3) is 0 Å². The first-order chi connectivity index (χ1) is 9.93.